The van der Waals surface area contributed by atoms with E-state index in [4.69, 9.17) is 15.3 Å². The first kappa shape index (κ1) is 20.1. The van der Waals surface area contributed by atoms with Gasteiger partial charge >= 0.3 is 0 Å². The average molecular weight is 296 g/mol. The van der Waals surface area contributed by atoms with Crippen LogP contribution in [0.5, 0.6) is 0 Å². The quantitative estimate of drug-likeness (QED) is 0.747. The van der Waals surface area contributed by atoms with Crippen LogP contribution < -0.4 is 0 Å². The van der Waals surface area contributed by atoms with Crippen LogP contribution in [0.1, 0.15) is 63.5 Å². The minimum atomic E-state index is -1.32. The minimum absolute atomic E-state index is 0.286. The van der Waals surface area contributed by atoms with Crippen molar-refractivity contribution in [3.8, 4) is 0 Å². The molecule has 0 atom stereocenters. The lowest BCUT2D eigenvalue weighted by molar-refractivity contribution is -0.180. The summed E-state index contributed by atoms with van der Waals surface area (Å²) in [7, 11) is 0. The monoisotopic (exact) mass is 296 g/mol. The zero-order valence-electron chi connectivity index (χ0n) is 13.8. The highest BCUT2D eigenvalue weighted by Gasteiger charge is 2.24. The number of hydrogen-bond acceptors (Lipinski definition) is 3. The van der Waals surface area contributed by atoms with E-state index in [1.165, 1.54) is 11.1 Å². The molecule has 1 fully saturated rings. The van der Waals surface area contributed by atoms with Crippen LogP contribution in [-0.4, -0.2) is 27.7 Å². The van der Waals surface area contributed by atoms with Crippen LogP contribution >= 0.6 is 0 Å². The molecule has 1 aliphatic rings. The normalized spacial score (nSPS) is 16.1. The first-order valence-corrected chi connectivity index (χ1v) is 8.15. The molecule has 0 amide bonds. The van der Waals surface area contributed by atoms with Gasteiger partial charge in [0.25, 0.3) is 0 Å². The molecule has 0 unspecified atom stereocenters. The van der Waals surface area contributed by atoms with Crippen molar-refractivity contribution in [3.05, 3.63) is 35.4 Å². The number of rotatable bonds is 3. The summed E-state index contributed by atoms with van der Waals surface area (Å²) in [4.78, 5) is 0. The molecule has 3 nitrogen and oxygen atoms in total. The molecule has 0 aromatic heterocycles. The molecular formula is C18H32O3. The molecule has 1 aliphatic carbocycles. The lowest BCUT2D eigenvalue weighted by Gasteiger charge is -2.25. The maximum Gasteiger partial charge on any atom is 0.162 e. The Morgan fingerprint density at radius 3 is 2.00 bits per heavy atom. The Hall–Kier alpha value is -0.900. The zero-order chi connectivity index (χ0) is 16.1. The molecule has 3 N–H and O–H groups in total. The highest BCUT2D eigenvalue weighted by Crippen LogP contribution is 2.24. The van der Waals surface area contributed by atoms with E-state index in [1.807, 2.05) is 26.0 Å². The van der Waals surface area contributed by atoms with Gasteiger partial charge in [-0.25, -0.2) is 0 Å². The van der Waals surface area contributed by atoms with E-state index in [1.54, 1.807) is 0 Å². The predicted molar refractivity (Wildman–Crippen MR) is 88.2 cm³/mol. The van der Waals surface area contributed by atoms with Gasteiger partial charge in [-0.05, 0) is 43.7 Å². The van der Waals surface area contributed by atoms with Crippen molar-refractivity contribution in [2.45, 2.75) is 71.5 Å². The van der Waals surface area contributed by atoms with Crippen LogP contribution in [0.25, 0.3) is 0 Å². The van der Waals surface area contributed by atoms with Crippen LogP contribution in [-0.2, 0) is 6.42 Å². The van der Waals surface area contributed by atoms with E-state index >= 15 is 0 Å². The third kappa shape index (κ3) is 9.62. The number of benzene rings is 1. The van der Waals surface area contributed by atoms with Gasteiger partial charge in [-0.3, -0.25) is 0 Å². The second-order valence-electron chi connectivity index (χ2n) is 5.30. The predicted octanol–water partition coefficient (Wildman–Crippen LogP) is 3.58. The van der Waals surface area contributed by atoms with Crippen molar-refractivity contribution in [1.82, 2.24) is 0 Å². The Morgan fingerprint density at radius 1 is 1.00 bits per heavy atom. The van der Waals surface area contributed by atoms with Crippen LogP contribution in [0.3, 0.4) is 0 Å². The minimum Gasteiger partial charge on any atom is -0.396 e. The summed E-state index contributed by atoms with van der Waals surface area (Å²) in [6.45, 7) is 6.39. The maximum absolute atomic E-state index is 8.93. The maximum atomic E-state index is 8.93. The Labute approximate surface area is 129 Å². The molecule has 3 heteroatoms. The Kier molecular flexibility index (Phi) is 11.2. The molecule has 0 saturated heterocycles. The third-order valence-electron chi connectivity index (χ3n) is 3.52. The molecule has 1 aromatic carbocycles. The van der Waals surface area contributed by atoms with Gasteiger partial charge in [0.1, 0.15) is 0 Å². The van der Waals surface area contributed by atoms with Crippen LogP contribution in [0.15, 0.2) is 24.3 Å². The number of aliphatic hydroxyl groups is 3. The Bertz CT molecular complexity index is 353. The van der Waals surface area contributed by atoms with E-state index in [9.17, 15) is 0 Å². The van der Waals surface area contributed by atoms with Crippen molar-refractivity contribution in [2.24, 2.45) is 0 Å². The summed E-state index contributed by atoms with van der Waals surface area (Å²) in [6.07, 6.45) is 6.07. The molecule has 0 aliphatic heterocycles. The summed E-state index contributed by atoms with van der Waals surface area (Å²) in [5.41, 5.74) is 2.67. The summed E-state index contributed by atoms with van der Waals surface area (Å²) in [5, 5.41) is 26.5. The fraction of sp³-hybridized carbons (Fsp3) is 0.667. The fourth-order valence-corrected chi connectivity index (χ4v) is 2.28. The van der Waals surface area contributed by atoms with Gasteiger partial charge in [-0.15, -0.1) is 0 Å². The first-order valence-electron chi connectivity index (χ1n) is 8.15. The molecule has 0 heterocycles. The molecule has 21 heavy (non-hydrogen) atoms. The molecule has 122 valence electrons. The van der Waals surface area contributed by atoms with Gasteiger partial charge in [0, 0.05) is 19.4 Å². The topological polar surface area (TPSA) is 60.7 Å². The Balaban J connectivity index is 0.000000354. The van der Waals surface area contributed by atoms with Gasteiger partial charge in [-0.1, -0.05) is 44.5 Å². The molecule has 1 aromatic rings. The first-order chi connectivity index (χ1) is 10.0. The smallest absolute Gasteiger partial charge is 0.162 e. The number of aryl methyl sites for hydroxylation is 2. The van der Waals surface area contributed by atoms with E-state index in [0.29, 0.717) is 12.8 Å². The van der Waals surface area contributed by atoms with Gasteiger partial charge < -0.3 is 15.3 Å². The van der Waals surface area contributed by atoms with Gasteiger partial charge in [0.15, 0.2) is 5.79 Å². The molecular weight excluding hydrogens is 264 g/mol. The zero-order valence-corrected chi connectivity index (χ0v) is 13.8. The third-order valence-corrected chi connectivity index (χ3v) is 3.52. The van der Waals surface area contributed by atoms with Gasteiger partial charge in [0.05, 0.1) is 0 Å². The van der Waals surface area contributed by atoms with Crippen molar-refractivity contribution >= 4 is 0 Å². The van der Waals surface area contributed by atoms with Gasteiger partial charge in [-0.2, -0.15) is 0 Å². The number of aliphatic hydroxyl groups excluding tert-OH is 1. The van der Waals surface area contributed by atoms with Crippen molar-refractivity contribution < 1.29 is 15.3 Å². The summed E-state index contributed by atoms with van der Waals surface area (Å²) < 4.78 is 0. The second kappa shape index (κ2) is 11.7. The van der Waals surface area contributed by atoms with Crippen LogP contribution in [0.2, 0.25) is 0 Å². The van der Waals surface area contributed by atoms with Crippen LogP contribution in [0.4, 0.5) is 0 Å². The van der Waals surface area contributed by atoms with Crippen molar-refractivity contribution in [3.63, 3.8) is 0 Å². The molecule has 2 rings (SSSR count). The molecule has 0 spiro atoms. The SMILES string of the molecule is CC.Cc1ccccc1CCCO.OC1(O)CCCCC1. The molecule has 0 bridgehead atoms. The van der Waals surface area contributed by atoms with Crippen molar-refractivity contribution in [1.29, 1.82) is 0 Å². The van der Waals surface area contributed by atoms with E-state index < -0.39 is 5.79 Å². The molecule has 1 saturated carbocycles. The highest BCUT2D eigenvalue weighted by molar-refractivity contribution is 5.25. The second-order valence-corrected chi connectivity index (χ2v) is 5.30. The summed E-state index contributed by atoms with van der Waals surface area (Å²) in [5.74, 6) is -1.32. The highest BCUT2D eigenvalue weighted by atomic mass is 16.5. The molecule has 0 radical (unpaired) electrons. The average Bonchev–Trinajstić information content (AvgIpc) is 2.49. The van der Waals surface area contributed by atoms with E-state index in [2.05, 4.69) is 19.1 Å². The lowest BCUT2D eigenvalue weighted by Crippen LogP contribution is -2.30. The number of hydrogen-bond donors (Lipinski definition) is 3. The lowest BCUT2D eigenvalue weighted by atomic mass is 9.95. The van der Waals surface area contributed by atoms with Crippen molar-refractivity contribution in [2.75, 3.05) is 6.61 Å². The van der Waals surface area contributed by atoms with E-state index in [-0.39, 0.29) is 6.61 Å². The van der Waals surface area contributed by atoms with Crippen LogP contribution in [0, 0.1) is 6.92 Å². The standard InChI is InChI=1S/C10H14O.C6H12O2.C2H6/c1-9-5-2-3-6-10(9)7-4-8-11;7-6(8)4-2-1-3-5-6;1-2/h2-3,5-6,11H,4,7-8H2,1H3;7-8H,1-5H2;1-2H3. The van der Waals surface area contributed by atoms with Gasteiger partial charge in [0.2, 0.25) is 0 Å². The Morgan fingerprint density at radius 2 is 1.57 bits per heavy atom. The summed E-state index contributed by atoms with van der Waals surface area (Å²) >= 11 is 0. The largest absolute Gasteiger partial charge is 0.396 e. The fourth-order valence-electron chi connectivity index (χ4n) is 2.28. The summed E-state index contributed by atoms with van der Waals surface area (Å²) in [6, 6.07) is 8.30. The van der Waals surface area contributed by atoms with E-state index in [0.717, 1.165) is 32.1 Å².